The van der Waals surface area contributed by atoms with E-state index >= 15 is 0 Å². The normalized spacial score (nSPS) is 14.9. The van der Waals surface area contributed by atoms with Crippen LogP contribution in [0.4, 0.5) is 5.69 Å². The van der Waals surface area contributed by atoms with Gasteiger partial charge in [0.05, 0.1) is 25.2 Å². The predicted octanol–water partition coefficient (Wildman–Crippen LogP) is 2.69. The number of azo groups is 1. The number of methoxy groups -OCH3 is 2. The number of carbonyl (C=O) groups is 2. The molecule has 0 aromatic heterocycles. The molecule has 1 N–H and O–H groups in total. The smallest absolute Gasteiger partial charge is 0.295 e. The number of fused-ring (bicyclic) bond motifs is 1. The minimum Gasteiger partial charge on any atom is -0.493 e. The van der Waals surface area contributed by atoms with Crippen LogP contribution in [0.25, 0.3) is 0 Å². The molecular weight excluding hydrogens is 368 g/mol. The van der Waals surface area contributed by atoms with Gasteiger partial charge < -0.3 is 14.8 Å². The number of rotatable bonds is 6. The monoisotopic (exact) mass is 384 g/mol. The van der Waals surface area contributed by atoms with Gasteiger partial charge in [-0.15, -0.1) is 5.11 Å². The molecule has 0 fully saturated rings. The summed E-state index contributed by atoms with van der Waals surface area (Å²) in [5.74, 6) is -0.809. The van der Waals surface area contributed by atoms with Crippen LogP contribution in [0.1, 0.15) is 32.3 Å². The molecule has 2 amide bonds. The maximum absolute atomic E-state index is 12.6. The van der Waals surface area contributed by atoms with E-state index < -0.39 is 28.5 Å². The summed E-state index contributed by atoms with van der Waals surface area (Å²) in [7, 11) is 2.70. The fraction of sp³-hybridized carbons (Fsp3) is 0.222. The van der Waals surface area contributed by atoms with Gasteiger partial charge in [0.1, 0.15) is 11.6 Å². The van der Waals surface area contributed by atoms with Gasteiger partial charge in [-0.3, -0.25) is 19.7 Å². The quantitative estimate of drug-likeness (QED) is 0.601. The molecule has 144 valence electrons. The first-order valence-corrected chi connectivity index (χ1v) is 8.19. The van der Waals surface area contributed by atoms with Crippen molar-refractivity contribution in [2.45, 2.75) is 6.04 Å². The number of nitrogens with zero attached hydrogens (tertiary/aromatic N) is 3. The Hall–Kier alpha value is -3.82. The summed E-state index contributed by atoms with van der Waals surface area (Å²) in [5, 5.41) is 21.5. The van der Waals surface area contributed by atoms with E-state index in [1.54, 1.807) is 24.3 Å². The number of hydrogen-bond donors (Lipinski definition) is 1. The van der Waals surface area contributed by atoms with Crippen molar-refractivity contribution in [3.8, 4) is 11.5 Å². The zero-order valence-corrected chi connectivity index (χ0v) is 15.0. The molecule has 1 unspecified atom stereocenters. The lowest BCUT2D eigenvalue weighted by molar-refractivity contribution is -0.385. The van der Waals surface area contributed by atoms with Gasteiger partial charge in [0.25, 0.3) is 17.5 Å². The Morgan fingerprint density at radius 2 is 1.89 bits per heavy atom. The van der Waals surface area contributed by atoms with Crippen molar-refractivity contribution < 1.29 is 24.0 Å². The van der Waals surface area contributed by atoms with Gasteiger partial charge in [0, 0.05) is 18.2 Å². The van der Waals surface area contributed by atoms with E-state index in [0.717, 1.165) is 6.07 Å². The number of amides is 2. The van der Waals surface area contributed by atoms with E-state index in [9.17, 15) is 19.7 Å². The van der Waals surface area contributed by atoms with Crippen LogP contribution in [0.2, 0.25) is 0 Å². The van der Waals surface area contributed by atoms with E-state index in [1.807, 2.05) is 0 Å². The number of carbonyl (C=O) groups excluding carboxylic acids is 2. The van der Waals surface area contributed by atoms with Crippen molar-refractivity contribution in [1.29, 1.82) is 0 Å². The number of hydrogen-bond acceptors (Lipinski definition) is 7. The highest BCUT2D eigenvalue weighted by atomic mass is 16.6. The SMILES string of the molecule is COc1cc(C(=O)NCC2N=NC(=O)c3ccccc32)c([N+](=O)[O-])cc1OC. The van der Waals surface area contributed by atoms with Gasteiger partial charge in [-0.25, -0.2) is 0 Å². The van der Waals surface area contributed by atoms with Crippen LogP contribution in [0.5, 0.6) is 11.5 Å². The summed E-state index contributed by atoms with van der Waals surface area (Å²) in [5.41, 5.74) is 0.439. The molecule has 2 aromatic rings. The molecule has 1 atom stereocenters. The fourth-order valence-electron chi connectivity index (χ4n) is 2.86. The maximum Gasteiger partial charge on any atom is 0.295 e. The topological polar surface area (TPSA) is 132 Å². The van der Waals surface area contributed by atoms with Crippen molar-refractivity contribution in [3.63, 3.8) is 0 Å². The minimum absolute atomic E-state index is 0.0120. The molecule has 0 aliphatic carbocycles. The second kappa shape index (κ2) is 7.82. The molecule has 1 heterocycles. The molecule has 0 bridgehead atoms. The first kappa shape index (κ1) is 19.0. The molecule has 0 radical (unpaired) electrons. The fourth-order valence-corrected chi connectivity index (χ4v) is 2.86. The lowest BCUT2D eigenvalue weighted by atomic mass is 9.99. The van der Waals surface area contributed by atoms with Crippen molar-refractivity contribution in [1.82, 2.24) is 5.32 Å². The molecule has 10 nitrogen and oxygen atoms in total. The van der Waals surface area contributed by atoms with Crippen LogP contribution in [0.3, 0.4) is 0 Å². The van der Waals surface area contributed by atoms with E-state index in [-0.39, 0.29) is 23.6 Å². The Kier molecular flexibility index (Phi) is 5.30. The average Bonchev–Trinajstić information content (AvgIpc) is 2.72. The summed E-state index contributed by atoms with van der Waals surface area (Å²) in [4.78, 5) is 35.1. The Balaban J connectivity index is 1.85. The molecule has 28 heavy (non-hydrogen) atoms. The Labute approximate surface area is 159 Å². The number of nitro groups is 1. The van der Waals surface area contributed by atoms with Gasteiger partial charge in [0.15, 0.2) is 11.5 Å². The van der Waals surface area contributed by atoms with Crippen LogP contribution >= 0.6 is 0 Å². The molecule has 10 heteroatoms. The summed E-state index contributed by atoms with van der Waals surface area (Å²) < 4.78 is 10.2. The Bertz CT molecular complexity index is 988. The van der Waals surface area contributed by atoms with E-state index in [0.29, 0.717) is 11.1 Å². The molecule has 2 aromatic carbocycles. The standard InChI is InChI=1S/C18H16N4O6/c1-27-15-7-12(14(22(25)26)8-16(15)28-2)17(23)19-9-13-10-5-3-4-6-11(10)18(24)21-20-13/h3-8,13H,9H2,1-2H3,(H,19,23). The molecule has 0 saturated heterocycles. The van der Waals surface area contributed by atoms with Gasteiger partial charge in [-0.05, 0) is 11.6 Å². The van der Waals surface area contributed by atoms with E-state index in [4.69, 9.17) is 9.47 Å². The average molecular weight is 384 g/mol. The van der Waals surface area contributed by atoms with Gasteiger partial charge >= 0.3 is 0 Å². The summed E-state index contributed by atoms with van der Waals surface area (Å²) >= 11 is 0. The molecule has 3 rings (SSSR count). The van der Waals surface area contributed by atoms with E-state index in [1.165, 1.54) is 20.3 Å². The highest BCUT2D eigenvalue weighted by Crippen LogP contribution is 2.34. The maximum atomic E-state index is 12.6. The first-order valence-electron chi connectivity index (χ1n) is 8.19. The minimum atomic E-state index is -0.683. The largest absolute Gasteiger partial charge is 0.493 e. The zero-order valence-electron chi connectivity index (χ0n) is 15.0. The predicted molar refractivity (Wildman–Crippen MR) is 96.9 cm³/mol. The van der Waals surface area contributed by atoms with Crippen LogP contribution in [0, 0.1) is 10.1 Å². The number of nitrogens with one attached hydrogen (secondary N) is 1. The third-order valence-electron chi connectivity index (χ3n) is 4.24. The Morgan fingerprint density at radius 3 is 2.57 bits per heavy atom. The van der Waals surface area contributed by atoms with Crippen LogP contribution in [-0.2, 0) is 0 Å². The van der Waals surface area contributed by atoms with Crippen LogP contribution in [0.15, 0.2) is 46.6 Å². The van der Waals surface area contributed by atoms with Gasteiger partial charge in [-0.1, -0.05) is 18.2 Å². The molecule has 1 aliphatic rings. The van der Waals surface area contributed by atoms with Gasteiger partial charge in [-0.2, -0.15) is 5.11 Å². The van der Waals surface area contributed by atoms with Crippen molar-refractivity contribution in [3.05, 3.63) is 63.2 Å². The first-order chi connectivity index (χ1) is 13.5. The molecular formula is C18H16N4O6. The zero-order chi connectivity index (χ0) is 20.3. The van der Waals surface area contributed by atoms with E-state index in [2.05, 4.69) is 15.5 Å². The second-order valence-corrected chi connectivity index (χ2v) is 5.82. The number of ether oxygens (including phenoxy) is 2. The molecule has 0 spiro atoms. The van der Waals surface area contributed by atoms with Crippen molar-refractivity contribution >= 4 is 17.5 Å². The van der Waals surface area contributed by atoms with Gasteiger partial charge in [0.2, 0.25) is 0 Å². The Morgan fingerprint density at radius 1 is 1.21 bits per heavy atom. The highest BCUT2D eigenvalue weighted by Gasteiger charge is 2.27. The third-order valence-corrected chi connectivity index (χ3v) is 4.24. The second-order valence-electron chi connectivity index (χ2n) is 5.82. The highest BCUT2D eigenvalue weighted by molar-refractivity contribution is 5.99. The molecule has 0 saturated carbocycles. The van der Waals surface area contributed by atoms with Crippen LogP contribution < -0.4 is 14.8 Å². The van der Waals surface area contributed by atoms with Crippen molar-refractivity contribution in [2.24, 2.45) is 10.2 Å². The number of nitro benzene ring substituents is 1. The number of benzene rings is 2. The summed E-state index contributed by atoms with van der Waals surface area (Å²) in [6, 6.07) is 8.61. The van der Waals surface area contributed by atoms with Crippen LogP contribution in [-0.4, -0.2) is 37.5 Å². The summed E-state index contributed by atoms with van der Waals surface area (Å²) in [6.45, 7) is 0.0120. The third kappa shape index (κ3) is 3.52. The summed E-state index contributed by atoms with van der Waals surface area (Å²) in [6.07, 6.45) is 0. The molecule has 1 aliphatic heterocycles. The lowest BCUT2D eigenvalue weighted by Crippen LogP contribution is -2.29. The lowest BCUT2D eigenvalue weighted by Gasteiger charge is -2.18. The van der Waals surface area contributed by atoms with Crippen molar-refractivity contribution in [2.75, 3.05) is 20.8 Å².